The summed E-state index contributed by atoms with van der Waals surface area (Å²) in [6.07, 6.45) is 0. The lowest BCUT2D eigenvalue weighted by molar-refractivity contribution is -0.119. The van der Waals surface area contributed by atoms with Crippen molar-refractivity contribution in [1.82, 2.24) is 16.1 Å². The molecule has 0 bridgehead atoms. The normalized spacial score (nSPS) is 10.6. The monoisotopic (exact) mass is 159 g/mol. The molecule has 11 heavy (non-hydrogen) atoms. The van der Waals surface area contributed by atoms with Crippen LogP contribution >= 0.6 is 0 Å². The van der Waals surface area contributed by atoms with Crippen molar-refractivity contribution in [2.75, 3.05) is 20.6 Å². The van der Waals surface area contributed by atoms with Gasteiger partial charge in [0.2, 0.25) is 11.9 Å². The van der Waals surface area contributed by atoms with E-state index in [9.17, 15) is 4.79 Å². The highest BCUT2D eigenvalue weighted by molar-refractivity contribution is 5.85. The molecule has 0 saturated carbocycles. The minimum Gasteiger partial charge on any atom is -0.358 e. The summed E-state index contributed by atoms with van der Waals surface area (Å²) in [6, 6.07) is 0. The smallest absolute Gasteiger partial charge is 0.239 e. The molecule has 64 valence electrons. The van der Waals surface area contributed by atoms with Crippen LogP contribution in [-0.2, 0) is 4.79 Å². The Morgan fingerprint density at radius 3 is 2.64 bits per heavy atom. The summed E-state index contributed by atoms with van der Waals surface area (Å²) in [5.41, 5.74) is 2.29. The van der Waals surface area contributed by atoms with Gasteiger partial charge in [-0.2, -0.15) is 0 Å². The first-order valence-corrected chi connectivity index (χ1v) is 3.12. The van der Waals surface area contributed by atoms with Crippen molar-refractivity contribution >= 4 is 11.9 Å². The number of hydrogen-bond acceptors (Lipinski definition) is 3. The van der Waals surface area contributed by atoms with Crippen LogP contribution in [0.3, 0.4) is 0 Å². The van der Waals surface area contributed by atoms with Crippen LogP contribution in [0.2, 0.25) is 0 Å². The van der Waals surface area contributed by atoms with E-state index in [0.717, 1.165) is 0 Å². The van der Waals surface area contributed by atoms with Crippen molar-refractivity contribution in [1.29, 1.82) is 0 Å². The lowest BCUT2D eigenvalue weighted by atomic mass is 10.6. The van der Waals surface area contributed by atoms with E-state index in [2.05, 4.69) is 21.1 Å². The number of likely N-dealkylation sites (N-methyl/N-ethyl adjacent to an activating group) is 1. The summed E-state index contributed by atoms with van der Waals surface area (Å²) in [7, 11) is 3.12. The molecule has 0 saturated heterocycles. The van der Waals surface area contributed by atoms with Gasteiger partial charge in [-0.1, -0.05) is 0 Å². The zero-order chi connectivity index (χ0) is 8.69. The Labute approximate surface area is 65.2 Å². The zero-order valence-corrected chi connectivity index (χ0v) is 6.64. The SMILES string of the molecule is CN=C(NN)NCC(=O)NC. The number of rotatable bonds is 2. The molecular formula is C5H13N5O. The van der Waals surface area contributed by atoms with Gasteiger partial charge in [-0.25, -0.2) is 5.84 Å². The predicted octanol–water partition coefficient (Wildman–Crippen LogP) is -2.23. The molecule has 0 unspecified atom stereocenters. The minimum atomic E-state index is -0.124. The molecule has 1 amide bonds. The summed E-state index contributed by atoms with van der Waals surface area (Å²) in [5, 5.41) is 5.12. The number of hydrogen-bond donors (Lipinski definition) is 4. The van der Waals surface area contributed by atoms with Crippen LogP contribution in [0.4, 0.5) is 0 Å². The van der Waals surface area contributed by atoms with E-state index in [4.69, 9.17) is 5.84 Å². The van der Waals surface area contributed by atoms with Crippen LogP contribution < -0.4 is 21.9 Å². The Bertz CT molecular complexity index is 155. The Morgan fingerprint density at radius 1 is 1.64 bits per heavy atom. The van der Waals surface area contributed by atoms with E-state index in [1.54, 1.807) is 14.1 Å². The number of nitrogens with one attached hydrogen (secondary N) is 3. The molecule has 0 aliphatic heterocycles. The molecule has 0 aromatic heterocycles. The van der Waals surface area contributed by atoms with Crippen molar-refractivity contribution in [3.8, 4) is 0 Å². The van der Waals surface area contributed by atoms with Crippen molar-refractivity contribution in [3.05, 3.63) is 0 Å². The largest absolute Gasteiger partial charge is 0.358 e. The van der Waals surface area contributed by atoms with Gasteiger partial charge in [0.05, 0.1) is 6.54 Å². The molecule has 0 rings (SSSR count). The first-order valence-electron chi connectivity index (χ1n) is 3.12. The topological polar surface area (TPSA) is 91.5 Å². The number of nitrogens with two attached hydrogens (primary N) is 1. The minimum absolute atomic E-state index is 0.124. The summed E-state index contributed by atoms with van der Waals surface area (Å²) < 4.78 is 0. The number of hydrazine groups is 1. The lowest BCUT2D eigenvalue weighted by Crippen LogP contribution is -2.45. The highest BCUT2D eigenvalue weighted by Crippen LogP contribution is 1.63. The fourth-order valence-electron chi connectivity index (χ4n) is 0.447. The quantitative estimate of drug-likeness (QED) is 0.159. The average Bonchev–Trinajstić information content (AvgIpc) is 2.06. The van der Waals surface area contributed by atoms with Crippen LogP contribution in [-0.4, -0.2) is 32.5 Å². The van der Waals surface area contributed by atoms with Crippen molar-refractivity contribution < 1.29 is 4.79 Å². The molecule has 0 atom stereocenters. The summed E-state index contributed by atoms with van der Waals surface area (Å²) in [4.78, 5) is 14.4. The molecule has 0 heterocycles. The van der Waals surface area contributed by atoms with E-state index in [1.165, 1.54) is 0 Å². The third-order valence-electron chi connectivity index (χ3n) is 1.06. The van der Waals surface area contributed by atoms with Crippen molar-refractivity contribution in [2.45, 2.75) is 0 Å². The number of carbonyl (C=O) groups excluding carboxylic acids is 1. The number of amides is 1. The summed E-state index contributed by atoms with van der Waals surface area (Å²) >= 11 is 0. The fraction of sp³-hybridized carbons (Fsp3) is 0.600. The number of nitrogens with zero attached hydrogens (tertiary/aromatic N) is 1. The third kappa shape index (κ3) is 4.15. The van der Waals surface area contributed by atoms with E-state index in [0.29, 0.717) is 5.96 Å². The van der Waals surface area contributed by atoms with Crippen LogP contribution in [0.1, 0.15) is 0 Å². The van der Waals surface area contributed by atoms with Crippen molar-refractivity contribution in [3.63, 3.8) is 0 Å². The standard InChI is InChI=1S/C5H13N5O/c1-7-4(11)3-9-5(8-2)10-6/h3,6H2,1-2H3,(H,7,11)(H2,8,9,10). The Hall–Kier alpha value is -1.30. The van der Waals surface area contributed by atoms with Gasteiger partial charge in [0.1, 0.15) is 0 Å². The second kappa shape index (κ2) is 5.48. The van der Waals surface area contributed by atoms with Crippen LogP contribution in [0, 0.1) is 0 Å². The van der Waals surface area contributed by atoms with Crippen LogP contribution in [0.5, 0.6) is 0 Å². The Morgan fingerprint density at radius 2 is 2.27 bits per heavy atom. The maximum Gasteiger partial charge on any atom is 0.239 e. The highest BCUT2D eigenvalue weighted by atomic mass is 16.1. The van der Waals surface area contributed by atoms with Gasteiger partial charge >= 0.3 is 0 Å². The maximum absolute atomic E-state index is 10.7. The van der Waals surface area contributed by atoms with Gasteiger partial charge < -0.3 is 10.6 Å². The molecule has 0 spiro atoms. The molecule has 6 nitrogen and oxygen atoms in total. The maximum atomic E-state index is 10.7. The first-order chi connectivity index (χ1) is 5.24. The molecule has 6 heteroatoms. The first kappa shape index (κ1) is 9.70. The third-order valence-corrected chi connectivity index (χ3v) is 1.06. The van der Waals surface area contributed by atoms with E-state index in [1.807, 2.05) is 0 Å². The fourth-order valence-corrected chi connectivity index (χ4v) is 0.447. The van der Waals surface area contributed by atoms with Gasteiger partial charge in [-0.3, -0.25) is 15.2 Å². The molecule has 0 radical (unpaired) electrons. The average molecular weight is 159 g/mol. The predicted molar refractivity (Wildman–Crippen MR) is 42.8 cm³/mol. The van der Waals surface area contributed by atoms with Gasteiger partial charge in [0.25, 0.3) is 0 Å². The molecule has 0 aliphatic carbocycles. The van der Waals surface area contributed by atoms with Gasteiger partial charge in [0.15, 0.2) is 0 Å². The molecular weight excluding hydrogens is 146 g/mol. The van der Waals surface area contributed by atoms with Gasteiger partial charge in [-0.05, 0) is 0 Å². The number of carbonyl (C=O) groups is 1. The molecule has 5 N–H and O–H groups in total. The highest BCUT2D eigenvalue weighted by Gasteiger charge is 1.97. The Balaban J connectivity index is 3.60. The van der Waals surface area contributed by atoms with E-state index in [-0.39, 0.29) is 12.5 Å². The molecule has 0 aliphatic rings. The Kier molecular flexibility index (Phi) is 4.83. The van der Waals surface area contributed by atoms with Crippen molar-refractivity contribution in [2.24, 2.45) is 10.8 Å². The van der Waals surface area contributed by atoms with Crippen LogP contribution in [0.25, 0.3) is 0 Å². The summed E-state index contributed by atoms with van der Waals surface area (Å²) in [5.74, 6) is 5.30. The van der Waals surface area contributed by atoms with Gasteiger partial charge in [-0.15, -0.1) is 0 Å². The second-order valence-corrected chi connectivity index (χ2v) is 1.74. The molecule has 0 aromatic rings. The molecule has 0 aromatic carbocycles. The van der Waals surface area contributed by atoms with E-state index < -0.39 is 0 Å². The summed E-state index contributed by atoms with van der Waals surface area (Å²) in [6.45, 7) is 0.160. The molecule has 0 fully saturated rings. The number of aliphatic imine (C=N–C) groups is 1. The second-order valence-electron chi connectivity index (χ2n) is 1.74. The number of guanidine groups is 1. The lowest BCUT2D eigenvalue weighted by Gasteiger charge is -2.05. The van der Waals surface area contributed by atoms with E-state index >= 15 is 0 Å². The van der Waals surface area contributed by atoms with Gasteiger partial charge in [0, 0.05) is 14.1 Å². The van der Waals surface area contributed by atoms with Crippen LogP contribution in [0.15, 0.2) is 4.99 Å². The zero-order valence-electron chi connectivity index (χ0n) is 6.64.